The summed E-state index contributed by atoms with van der Waals surface area (Å²) in [6.45, 7) is 4.78. The number of nitrogens with zero attached hydrogens (tertiary/aromatic N) is 1. The molecule has 0 aromatic rings. The fraction of sp³-hybridized carbons (Fsp3) is 0.773. The second-order valence-corrected chi connectivity index (χ2v) is 22.0. The van der Waals surface area contributed by atoms with Crippen LogP contribution in [-0.4, -0.2) is 87.4 Å². The molecule has 0 fully saturated rings. The number of carboxylic acids is 1. The predicted octanol–water partition coefficient (Wildman–Crippen LogP) is 18.6. The molecule has 2 atom stereocenters. The summed E-state index contributed by atoms with van der Waals surface area (Å²) in [6, 6.07) is 0. The highest BCUT2D eigenvalue weighted by Gasteiger charge is 2.25. The maximum atomic E-state index is 12.9. The molecular weight excluding hydrogens is 935 g/mol. The summed E-state index contributed by atoms with van der Waals surface area (Å²) in [4.78, 5) is 37.4. The van der Waals surface area contributed by atoms with Gasteiger partial charge in [0.05, 0.1) is 34.4 Å². The van der Waals surface area contributed by atoms with Crippen LogP contribution in [0.15, 0.2) is 72.9 Å². The molecule has 0 rings (SSSR count). The van der Waals surface area contributed by atoms with Crippen LogP contribution in [0.2, 0.25) is 0 Å². The molecule has 0 saturated carbocycles. The lowest BCUT2D eigenvalue weighted by molar-refractivity contribution is -0.870. The Bertz CT molecular complexity index is 1460. The van der Waals surface area contributed by atoms with Crippen molar-refractivity contribution in [1.29, 1.82) is 0 Å². The molecule has 0 aromatic carbocycles. The molecule has 0 aliphatic rings. The molecule has 9 nitrogen and oxygen atoms in total. The summed E-state index contributed by atoms with van der Waals surface area (Å²) >= 11 is 0. The molecule has 0 spiro atoms. The Kier molecular flexibility index (Phi) is 54.4. The first-order chi connectivity index (χ1) is 36.6. The monoisotopic (exact) mass is 1050 g/mol. The van der Waals surface area contributed by atoms with Crippen LogP contribution in [0.4, 0.5) is 0 Å². The van der Waals surface area contributed by atoms with Crippen molar-refractivity contribution in [3.05, 3.63) is 72.9 Å². The zero-order chi connectivity index (χ0) is 54.8. The molecule has 0 aliphatic carbocycles. The van der Waals surface area contributed by atoms with E-state index in [1.54, 1.807) is 0 Å². The first-order valence-electron chi connectivity index (χ1n) is 31.1. The Labute approximate surface area is 462 Å². The van der Waals surface area contributed by atoms with Crippen LogP contribution in [0, 0.1) is 0 Å². The standard InChI is InChI=1S/C66H117NO8/c1-6-8-10-12-14-16-18-20-21-22-23-24-25-26-27-28-29-30-31-32-33-34-35-36-37-38-39-40-41-42-43-45-47-49-51-53-55-57-64(69)75-62(61-74-66(65(70)71)72-59-58-67(3,4)5)60-73-63(68)56-54-52-50-48-46-44-19-17-15-13-11-9-7-2/h8,10,14,16,20-21,23-24,26-27,29-30,62,66H,6-7,9,11-13,15,17-19,22,25,28,31-61H2,1-5H3/p+1/b10-8-,16-14-,21-20-,24-23-,27-26-,30-29-. The molecule has 2 unspecified atom stereocenters. The van der Waals surface area contributed by atoms with Crippen molar-refractivity contribution in [2.24, 2.45) is 0 Å². The number of ether oxygens (including phenoxy) is 4. The molecule has 434 valence electrons. The fourth-order valence-electron chi connectivity index (χ4n) is 8.72. The molecule has 9 heteroatoms. The number of hydrogen-bond donors (Lipinski definition) is 1. The van der Waals surface area contributed by atoms with Gasteiger partial charge < -0.3 is 28.5 Å². The number of carbonyl (C=O) groups excluding carboxylic acids is 2. The summed E-state index contributed by atoms with van der Waals surface area (Å²) in [7, 11) is 5.97. The molecule has 1 N–H and O–H groups in total. The van der Waals surface area contributed by atoms with Gasteiger partial charge in [0.1, 0.15) is 13.2 Å². The molecule has 0 radical (unpaired) electrons. The highest BCUT2D eigenvalue weighted by Crippen LogP contribution is 2.17. The molecule has 0 bridgehead atoms. The molecule has 0 amide bonds. The summed E-state index contributed by atoms with van der Waals surface area (Å²) in [6.07, 6.45) is 71.5. The number of aliphatic carboxylic acids is 1. The average molecular weight is 1050 g/mol. The van der Waals surface area contributed by atoms with Crippen LogP contribution >= 0.6 is 0 Å². The van der Waals surface area contributed by atoms with Crippen molar-refractivity contribution in [3.8, 4) is 0 Å². The molecule has 0 heterocycles. The van der Waals surface area contributed by atoms with E-state index >= 15 is 0 Å². The Morgan fingerprint density at radius 3 is 1.13 bits per heavy atom. The third kappa shape index (κ3) is 58.3. The number of allylic oxidation sites excluding steroid dienone is 12. The quantitative estimate of drug-likeness (QED) is 0.0211. The van der Waals surface area contributed by atoms with Crippen LogP contribution in [0.3, 0.4) is 0 Å². The van der Waals surface area contributed by atoms with Crippen molar-refractivity contribution < 1.29 is 42.9 Å². The van der Waals surface area contributed by atoms with E-state index in [1.807, 2.05) is 21.1 Å². The number of quaternary nitrogens is 1. The van der Waals surface area contributed by atoms with Crippen molar-refractivity contribution >= 4 is 17.9 Å². The van der Waals surface area contributed by atoms with Crippen molar-refractivity contribution in [2.45, 2.75) is 283 Å². The maximum Gasteiger partial charge on any atom is 0.361 e. The summed E-state index contributed by atoms with van der Waals surface area (Å²) in [5, 5.41) is 9.70. The Hall–Kier alpha value is -3.27. The average Bonchev–Trinajstić information content (AvgIpc) is 3.38. The molecule has 0 aliphatic heterocycles. The molecular formula is C66H118NO8+. The molecule has 0 aromatic heterocycles. The minimum absolute atomic E-state index is 0.179. The smallest absolute Gasteiger partial charge is 0.361 e. The van der Waals surface area contributed by atoms with Crippen molar-refractivity contribution in [1.82, 2.24) is 0 Å². The topological polar surface area (TPSA) is 108 Å². The zero-order valence-electron chi connectivity index (χ0n) is 49.4. The van der Waals surface area contributed by atoms with Gasteiger partial charge in [-0.15, -0.1) is 0 Å². The van der Waals surface area contributed by atoms with E-state index in [1.165, 1.54) is 167 Å². The van der Waals surface area contributed by atoms with Gasteiger partial charge in [0.25, 0.3) is 6.29 Å². The third-order valence-corrected chi connectivity index (χ3v) is 13.5. The number of esters is 2. The second kappa shape index (κ2) is 56.9. The van der Waals surface area contributed by atoms with Gasteiger partial charge in [0, 0.05) is 12.8 Å². The van der Waals surface area contributed by atoms with E-state index < -0.39 is 24.3 Å². The van der Waals surface area contributed by atoms with Gasteiger partial charge in [-0.25, -0.2) is 4.79 Å². The number of hydrogen-bond acceptors (Lipinski definition) is 7. The second-order valence-electron chi connectivity index (χ2n) is 22.0. The minimum atomic E-state index is -1.51. The number of likely N-dealkylation sites (N-methyl/N-ethyl adjacent to an activating group) is 1. The van der Waals surface area contributed by atoms with Gasteiger partial charge in [-0.3, -0.25) is 9.59 Å². The summed E-state index contributed by atoms with van der Waals surface area (Å²) in [5.41, 5.74) is 0. The Morgan fingerprint density at radius 1 is 0.413 bits per heavy atom. The third-order valence-electron chi connectivity index (χ3n) is 13.5. The van der Waals surface area contributed by atoms with Crippen LogP contribution < -0.4 is 0 Å². The summed E-state index contributed by atoms with van der Waals surface area (Å²) in [5.74, 6) is -1.99. The zero-order valence-corrected chi connectivity index (χ0v) is 49.4. The highest BCUT2D eigenvalue weighted by atomic mass is 16.7. The predicted molar refractivity (Wildman–Crippen MR) is 318 cm³/mol. The van der Waals surface area contributed by atoms with Crippen LogP contribution in [0.5, 0.6) is 0 Å². The first-order valence-corrected chi connectivity index (χ1v) is 31.1. The van der Waals surface area contributed by atoms with Gasteiger partial charge in [0.15, 0.2) is 6.10 Å². The number of rotatable bonds is 57. The van der Waals surface area contributed by atoms with Gasteiger partial charge in [-0.1, -0.05) is 267 Å². The van der Waals surface area contributed by atoms with E-state index in [2.05, 4.69) is 86.8 Å². The van der Waals surface area contributed by atoms with Gasteiger partial charge >= 0.3 is 17.9 Å². The fourth-order valence-corrected chi connectivity index (χ4v) is 8.72. The van der Waals surface area contributed by atoms with Crippen LogP contribution in [0.25, 0.3) is 0 Å². The van der Waals surface area contributed by atoms with Crippen molar-refractivity contribution in [2.75, 3.05) is 47.5 Å². The lowest BCUT2D eigenvalue weighted by Gasteiger charge is -2.25. The normalized spacial score (nSPS) is 13.2. The van der Waals surface area contributed by atoms with E-state index in [-0.39, 0.29) is 32.2 Å². The SMILES string of the molecule is CC/C=C\C/C=C\C/C=C\C/C=C\C/C=C\C/C=C\CCCCCCCCCCCCCCCCCCCCC(=O)OC(COC(=O)CCCCCCCCCCCCCCC)COC(OCC[N+](C)(C)C)C(=O)O. The largest absolute Gasteiger partial charge is 0.477 e. The van der Waals surface area contributed by atoms with Crippen LogP contribution in [0.1, 0.15) is 271 Å². The van der Waals surface area contributed by atoms with E-state index in [0.717, 1.165) is 77.0 Å². The van der Waals surface area contributed by atoms with Gasteiger partial charge in [-0.2, -0.15) is 0 Å². The Balaban J connectivity index is 4.02. The Morgan fingerprint density at radius 2 is 0.760 bits per heavy atom. The number of carbonyl (C=O) groups is 3. The van der Waals surface area contributed by atoms with E-state index in [9.17, 15) is 19.5 Å². The van der Waals surface area contributed by atoms with Crippen LogP contribution in [-0.2, 0) is 33.3 Å². The van der Waals surface area contributed by atoms with E-state index in [4.69, 9.17) is 18.9 Å². The minimum Gasteiger partial charge on any atom is -0.477 e. The van der Waals surface area contributed by atoms with Gasteiger partial charge in [0.2, 0.25) is 0 Å². The van der Waals surface area contributed by atoms with E-state index in [0.29, 0.717) is 17.4 Å². The lowest BCUT2D eigenvalue weighted by Crippen LogP contribution is -2.40. The number of unbranched alkanes of at least 4 members (excludes halogenated alkanes) is 30. The van der Waals surface area contributed by atoms with Gasteiger partial charge in [-0.05, 0) is 64.2 Å². The molecule has 75 heavy (non-hydrogen) atoms. The van der Waals surface area contributed by atoms with Crippen molar-refractivity contribution in [3.63, 3.8) is 0 Å². The first kappa shape index (κ1) is 71.7. The number of carboxylic acid groups (broad SMARTS) is 1. The summed E-state index contributed by atoms with van der Waals surface area (Å²) < 4.78 is 22.9. The lowest BCUT2D eigenvalue weighted by atomic mass is 10.0. The highest BCUT2D eigenvalue weighted by molar-refractivity contribution is 5.71. The molecule has 0 saturated heterocycles. The maximum absolute atomic E-state index is 12.9.